The van der Waals surface area contributed by atoms with Crippen molar-refractivity contribution in [3.05, 3.63) is 52.3 Å². The van der Waals surface area contributed by atoms with Crippen molar-refractivity contribution in [2.45, 2.75) is 19.9 Å². The number of hydrogen-bond acceptors (Lipinski definition) is 4. The first kappa shape index (κ1) is 16.3. The van der Waals surface area contributed by atoms with Crippen LogP contribution in [-0.4, -0.2) is 23.6 Å². The summed E-state index contributed by atoms with van der Waals surface area (Å²) >= 11 is 6.32. The zero-order valence-electron chi connectivity index (χ0n) is 13.2. The van der Waals surface area contributed by atoms with Crippen molar-refractivity contribution in [1.29, 1.82) is 0 Å². The molecule has 2 aromatic rings. The fourth-order valence-electron chi connectivity index (χ4n) is 2.72. The maximum atomic E-state index is 12.3. The molecule has 24 heavy (non-hydrogen) atoms. The number of nitrogens with zero attached hydrogens (tertiary/aromatic N) is 1. The van der Waals surface area contributed by atoms with Gasteiger partial charge in [0.2, 0.25) is 0 Å². The Bertz CT molecular complexity index is 863. The van der Waals surface area contributed by atoms with Crippen LogP contribution in [0.1, 0.15) is 25.5 Å². The molecule has 0 saturated carbocycles. The summed E-state index contributed by atoms with van der Waals surface area (Å²) in [6, 6.07) is 8.19. The Morgan fingerprint density at radius 3 is 2.88 bits per heavy atom. The molecule has 1 aromatic heterocycles. The zero-order valence-corrected chi connectivity index (χ0v) is 14.0. The minimum atomic E-state index is -0.720. The summed E-state index contributed by atoms with van der Waals surface area (Å²) in [6.45, 7) is 3.61. The SMILES string of the molecule is CCOC(=O)C1=C(C)NC(=O)NC1c1cc2ccccc2nc1Cl. The van der Waals surface area contributed by atoms with Crippen LogP contribution in [0.5, 0.6) is 0 Å². The molecule has 1 aliphatic rings. The smallest absolute Gasteiger partial charge is 0.338 e. The zero-order chi connectivity index (χ0) is 17.3. The van der Waals surface area contributed by atoms with E-state index >= 15 is 0 Å². The van der Waals surface area contributed by atoms with E-state index in [0.29, 0.717) is 16.8 Å². The van der Waals surface area contributed by atoms with Crippen LogP contribution >= 0.6 is 11.6 Å². The van der Waals surface area contributed by atoms with Crippen LogP contribution in [0.25, 0.3) is 10.9 Å². The summed E-state index contributed by atoms with van der Waals surface area (Å²) < 4.78 is 5.11. The maximum Gasteiger partial charge on any atom is 0.338 e. The normalized spacial score (nSPS) is 17.5. The van der Waals surface area contributed by atoms with Crippen molar-refractivity contribution in [3.8, 4) is 0 Å². The number of allylic oxidation sites excluding steroid dienone is 1. The number of rotatable bonds is 3. The lowest BCUT2D eigenvalue weighted by molar-refractivity contribution is -0.139. The molecule has 3 rings (SSSR count). The highest BCUT2D eigenvalue weighted by atomic mass is 35.5. The standard InChI is InChI=1S/C17H16ClN3O3/c1-3-24-16(22)13-9(2)19-17(23)21-14(13)11-8-10-6-4-5-7-12(10)20-15(11)18/h4-8,14H,3H2,1-2H3,(H2,19,21,23). The molecule has 0 bridgehead atoms. The molecule has 1 atom stereocenters. The molecule has 7 heteroatoms. The Hall–Kier alpha value is -2.60. The molecular formula is C17H16ClN3O3. The van der Waals surface area contributed by atoms with E-state index in [1.165, 1.54) is 0 Å². The lowest BCUT2D eigenvalue weighted by Gasteiger charge is -2.28. The third kappa shape index (κ3) is 2.92. The van der Waals surface area contributed by atoms with Gasteiger partial charge in [-0.1, -0.05) is 29.8 Å². The van der Waals surface area contributed by atoms with Crippen molar-refractivity contribution in [3.63, 3.8) is 0 Å². The first-order valence-electron chi connectivity index (χ1n) is 7.52. The minimum Gasteiger partial charge on any atom is -0.463 e. The number of nitrogens with one attached hydrogen (secondary N) is 2. The van der Waals surface area contributed by atoms with Crippen molar-refractivity contribution in [2.75, 3.05) is 6.61 Å². The summed E-state index contributed by atoms with van der Waals surface area (Å²) in [5.74, 6) is -0.503. The molecule has 0 fully saturated rings. The van der Waals surface area contributed by atoms with Gasteiger partial charge in [0.05, 0.1) is 23.7 Å². The molecule has 124 valence electrons. The van der Waals surface area contributed by atoms with Crippen LogP contribution < -0.4 is 10.6 Å². The Balaban J connectivity index is 2.14. The van der Waals surface area contributed by atoms with Crippen molar-refractivity contribution in [2.24, 2.45) is 0 Å². The molecule has 6 nitrogen and oxygen atoms in total. The number of pyridine rings is 1. The largest absolute Gasteiger partial charge is 0.463 e. The van der Waals surface area contributed by atoms with Gasteiger partial charge in [-0.3, -0.25) is 0 Å². The van der Waals surface area contributed by atoms with Crippen LogP contribution in [0.15, 0.2) is 41.6 Å². The quantitative estimate of drug-likeness (QED) is 0.661. The highest BCUT2D eigenvalue weighted by molar-refractivity contribution is 6.30. The van der Waals surface area contributed by atoms with Gasteiger partial charge in [-0.05, 0) is 26.0 Å². The van der Waals surface area contributed by atoms with Crippen molar-refractivity contribution in [1.82, 2.24) is 15.6 Å². The van der Waals surface area contributed by atoms with E-state index in [2.05, 4.69) is 15.6 Å². The summed E-state index contributed by atoms with van der Waals surface area (Å²) in [6.07, 6.45) is 0. The Morgan fingerprint density at radius 1 is 1.38 bits per heavy atom. The van der Waals surface area contributed by atoms with E-state index in [1.54, 1.807) is 13.8 Å². The number of ether oxygens (including phenoxy) is 1. The number of carbonyl (C=O) groups excluding carboxylic acids is 2. The number of urea groups is 1. The first-order chi connectivity index (χ1) is 11.5. The molecule has 0 aliphatic carbocycles. The highest BCUT2D eigenvalue weighted by Crippen LogP contribution is 2.33. The summed E-state index contributed by atoms with van der Waals surface area (Å²) in [4.78, 5) is 28.6. The molecule has 0 radical (unpaired) electrons. The first-order valence-corrected chi connectivity index (χ1v) is 7.89. The van der Waals surface area contributed by atoms with Gasteiger partial charge >= 0.3 is 12.0 Å². The van der Waals surface area contributed by atoms with Gasteiger partial charge < -0.3 is 15.4 Å². The number of para-hydroxylation sites is 1. The number of carbonyl (C=O) groups is 2. The molecule has 1 aromatic carbocycles. The number of hydrogen-bond donors (Lipinski definition) is 2. The van der Waals surface area contributed by atoms with E-state index in [1.807, 2.05) is 30.3 Å². The number of fused-ring (bicyclic) bond motifs is 1. The number of benzene rings is 1. The number of esters is 1. The molecule has 1 unspecified atom stereocenters. The maximum absolute atomic E-state index is 12.3. The lowest BCUT2D eigenvalue weighted by atomic mass is 9.95. The van der Waals surface area contributed by atoms with E-state index < -0.39 is 18.0 Å². The minimum absolute atomic E-state index is 0.232. The van der Waals surface area contributed by atoms with Gasteiger partial charge in [-0.25, -0.2) is 14.6 Å². The molecular weight excluding hydrogens is 330 g/mol. The number of aromatic nitrogens is 1. The monoisotopic (exact) mass is 345 g/mol. The van der Waals surface area contributed by atoms with Gasteiger partial charge in [0.15, 0.2) is 0 Å². The van der Waals surface area contributed by atoms with E-state index in [-0.39, 0.29) is 11.8 Å². The lowest BCUT2D eigenvalue weighted by Crippen LogP contribution is -2.45. The van der Waals surface area contributed by atoms with Gasteiger partial charge in [-0.15, -0.1) is 0 Å². The van der Waals surface area contributed by atoms with Crippen LogP contribution in [0.4, 0.5) is 4.79 Å². The molecule has 2 heterocycles. The van der Waals surface area contributed by atoms with Gasteiger partial charge in [0, 0.05) is 16.6 Å². The second-order valence-corrected chi connectivity index (χ2v) is 5.71. The average Bonchev–Trinajstić information content (AvgIpc) is 2.53. The van der Waals surface area contributed by atoms with Crippen LogP contribution in [0.3, 0.4) is 0 Å². The fourth-order valence-corrected chi connectivity index (χ4v) is 2.97. The predicted octanol–water partition coefficient (Wildman–Crippen LogP) is 3.08. The van der Waals surface area contributed by atoms with Gasteiger partial charge in [0.1, 0.15) is 5.15 Å². The number of amides is 2. The van der Waals surface area contributed by atoms with Gasteiger partial charge in [0.25, 0.3) is 0 Å². The number of halogens is 1. The van der Waals surface area contributed by atoms with Crippen LogP contribution in [0, 0.1) is 0 Å². The van der Waals surface area contributed by atoms with Crippen molar-refractivity contribution < 1.29 is 14.3 Å². The summed E-state index contributed by atoms with van der Waals surface area (Å²) in [5, 5.41) is 6.41. The molecule has 0 saturated heterocycles. The summed E-state index contributed by atoms with van der Waals surface area (Å²) in [7, 11) is 0. The highest BCUT2D eigenvalue weighted by Gasteiger charge is 2.33. The molecule has 2 amide bonds. The molecule has 1 aliphatic heterocycles. The van der Waals surface area contributed by atoms with Gasteiger partial charge in [-0.2, -0.15) is 0 Å². The third-order valence-electron chi connectivity index (χ3n) is 3.78. The summed E-state index contributed by atoms with van der Waals surface area (Å²) in [5.41, 5.74) is 2.04. The van der Waals surface area contributed by atoms with Crippen LogP contribution in [0.2, 0.25) is 5.15 Å². The Morgan fingerprint density at radius 2 is 2.12 bits per heavy atom. The topological polar surface area (TPSA) is 80.3 Å². The van der Waals surface area contributed by atoms with E-state index in [9.17, 15) is 9.59 Å². The Kier molecular flexibility index (Phi) is 4.40. The second kappa shape index (κ2) is 6.49. The molecule has 2 N–H and O–H groups in total. The third-order valence-corrected chi connectivity index (χ3v) is 4.08. The predicted molar refractivity (Wildman–Crippen MR) is 90.5 cm³/mol. The van der Waals surface area contributed by atoms with Crippen LogP contribution in [-0.2, 0) is 9.53 Å². The van der Waals surface area contributed by atoms with E-state index in [4.69, 9.17) is 16.3 Å². The average molecular weight is 346 g/mol. The Labute approximate surface area is 143 Å². The fraction of sp³-hybridized carbons (Fsp3) is 0.235. The second-order valence-electron chi connectivity index (χ2n) is 5.35. The van der Waals surface area contributed by atoms with Crippen molar-refractivity contribution >= 4 is 34.5 Å². The molecule has 0 spiro atoms. The van der Waals surface area contributed by atoms with E-state index in [0.717, 1.165) is 10.9 Å².